The molecule has 2 aliphatic rings. The zero-order valence-electron chi connectivity index (χ0n) is 17.8. The normalized spacial score (nSPS) is 21.0. The number of hydrogen-bond donors (Lipinski definition) is 3. The number of carbonyl (C=O) groups is 2. The molecule has 0 saturated carbocycles. The van der Waals surface area contributed by atoms with Crippen molar-refractivity contribution in [3.63, 3.8) is 0 Å². The molecule has 2 aliphatic heterocycles. The van der Waals surface area contributed by atoms with Crippen molar-refractivity contribution in [3.8, 4) is 0 Å². The van der Waals surface area contributed by atoms with Gasteiger partial charge in [0.25, 0.3) is 0 Å². The van der Waals surface area contributed by atoms with Crippen molar-refractivity contribution in [2.75, 3.05) is 35.6 Å². The summed E-state index contributed by atoms with van der Waals surface area (Å²) in [6, 6.07) is 13.5. The van der Waals surface area contributed by atoms with Crippen LogP contribution in [-0.2, 0) is 19.4 Å². The van der Waals surface area contributed by atoms with Crippen LogP contribution in [0, 0.1) is 0 Å². The topological polar surface area (TPSA) is 108 Å². The van der Waals surface area contributed by atoms with Crippen molar-refractivity contribution in [3.05, 3.63) is 53.6 Å². The Morgan fingerprint density at radius 3 is 2.39 bits per heavy atom. The van der Waals surface area contributed by atoms with Gasteiger partial charge in [0.2, 0.25) is 11.8 Å². The minimum atomic E-state index is -3.84. The molecule has 8 nitrogen and oxygen atoms in total. The second-order valence-corrected chi connectivity index (χ2v) is 11.5. The fraction of sp³-hybridized carbons (Fsp3) is 0.364. The van der Waals surface area contributed by atoms with Gasteiger partial charge < -0.3 is 15.5 Å². The number of halogens is 1. The molecule has 2 aromatic rings. The van der Waals surface area contributed by atoms with Gasteiger partial charge in [-0.3, -0.25) is 14.9 Å². The van der Waals surface area contributed by atoms with Crippen LogP contribution in [-0.4, -0.2) is 56.4 Å². The lowest BCUT2D eigenvalue weighted by Gasteiger charge is -2.29. The number of thioether (sulfide) groups is 1. The highest BCUT2D eigenvalue weighted by atomic mass is 35.5. The lowest BCUT2D eigenvalue weighted by molar-refractivity contribution is -0.122. The van der Waals surface area contributed by atoms with E-state index in [1.807, 2.05) is 0 Å². The van der Waals surface area contributed by atoms with Crippen molar-refractivity contribution < 1.29 is 18.0 Å². The predicted octanol–water partition coefficient (Wildman–Crippen LogP) is 2.46. The Kier molecular flexibility index (Phi) is 7.48. The Bertz CT molecular complexity index is 1100. The number of nitrogens with zero attached hydrogens (tertiary/aromatic N) is 1. The minimum absolute atomic E-state index is 0.0293. The standard InChI is InChI=1S/C22H25ClN4O4S2/c23-15-3-5-16(6-4-15)25-20(28)14-32-22-24-13-19(21(29)26-22)33(30,31)18-9-7-17(8-10-18)27-11-1-2-12-27/h3-10,19,22,24H,1-2,11-14H2,(H,25,28)(H,26,29). The molecule has 3 N–H and O–H groups in total. The maximum Gasteiger partial charge on any atom is 0.241 e. The lowest BCUT2D eigenvalue weighted by atomic mass is 10.3. The van der Waals surface area contributed by atoms with E-state index in [4.69, 9.17) is 11.6 Å². The van der Waals surface area contributed by atoms with E-state index in [1.54, 1.807) is 48.5 Å². The Morgan fingerprint density at radius 2 is 1.76 bits per heavy atom. The number of carbonyl (C=O) groups excluding carboxylic acids is 2. The van der Waals surface area contributed by atoms with E-state index in [0.29, 0.717) is 10.7 Å². The highest BCUT2D eigenvalue weighted by Gasteiger charge is 2.38. The molecule has 11 heteroatoms. The Labute approximate surface area is 202 Å². The molecule has 0 spiro atoms. The van der Waals surface area contributed by atoms with Crippen LogP contribution < -0.4 is 20.9 Å². The second kappa shape index (κ2) is 10.3. The molecule has 2 unspecified atom stereocenters. The smallest absolute Gasteiger partial charge is 0.241 e. The first-order chi connectivity index (χ1) is 15.8. The van der Waals surface area contributed by atoms with E-state index in [9.17, 15) is 18.0 Å². The first-order valence-electron chi connectivity index (χ1n) is 10.6. The number of sulfone groups is 1. The summed E-state index contributed by atoms with van der Waals surface area (Å²) in [6.45, 7) is 1.91. The Morgan fingerprint density at radius 1 is 1.09 bits per heavy atom. The molecule has 2 amide bonds. The van der Waals surface area contributed by atoms with Gasteiger partial charge in [-0.05, 0) is 61.4 Å². The highest BCUT2D eigenvalue weighted by molar-refractivity contribution is 8.00. The van der Waals surface area contributed by atoms with E-state index in [0.717, 1.165) is 31.6 Å². The van der Waals surface area contributed by atoms with Gasteiger partial charge >= 0.3 is 0 Å². The molecular weight excluding hydrogens is 484 g/mol. The Balaban J connectivity index is 1.30. The number of amides is 2. The van der Waals surface area contributed by atoms with E-state index >= 15 is 0 Å². The summed E-state index contributed by atoms with van der Waals surface area (Å²) in [5, 5.41) is 7.74. The first kappa shape index (κ1) is 23.9. The van der Waals surface area contributed by atoms with Gasteiger partial charge in [0, 0.05) is 36.0 Å². The lowest BCUT2D eigenvalue weighted by Crippen LogP contribution is -2.59. The average molecular weight is 509 g/mol. The summed E-state index contributed by atoms with van der Waals surface area (Å²) >= 11 is 7.01. The molecule has 2 aromatic carbocycles. The molecule has 4 rings (SSSR count). The highest BCUT2D eigenvalue weighted by Crippen LogP contribution is 2.25. The maximum absolute atomic E-state index is 13.0. The number of nitrogens with one attached hydrogen (secondary N) is 3. The van der Waals surface area contributed by atoms with Crippen LogP contribution in [0.4, 0.5) is 11.4 Å². The number of hydrogen-bond acceptors (Lipinski definition) is 7. The summed E-state index contributed by atoms with van der Waals surface area (Å²) in [4.78, 5) is 27.1. The van der Waals surface area contributed by atoms with Crippen LogP contribution in [0.15, 0.2) is 53.4 Å². The molecule has 0 aliphatic carbocycles. The molecule has 33 heavy (non-hydrogen) atoms. The maximum atomic E-state index is 13.0. The molecule has 2 fully saturated rings. The van der Waals surface area contributed by atoms with Gasteiger partial charge in [0.15, 0.2) is 15.1 Å². The van der Waals surface area contributed by atoms with Crippen molar-refractivity contribution in [1.82, 2.24) is 10.6 Å². The SMILES string of the molecule is O=C(CSC1NCC(S(=O)(=O)c2ccc(N3CCCC3)cc2)C(=O)N1)Nc1ccc(Cl)cc1. The predicted molar refractivity (Wildman–Crippen MR) is 131 cm³/mol. The number of anilines is 2. The minimum Gasteiger partial charge on any atom is -0.372 e. The van der Waals surface area contributed by atoms with Gasteiger partial charge in [-0.1, -0.05) is 11.6 Å². The third kappa shape index (κ3) is 5.81. The van der Waals surface area contributed by atoms with Gasteiger partial charge in [-0.2, -0.15) is 0 Å². The zero-order chi connectivity index (χ0) is 23.4. The molecule has 0 radical (unpaired) electrons. The van der Waals surface area contributed by atoms with Crippen molar-refractivity contribution in [2.45, 2.75) is 28.5 Å². The van der Waals surface area contributed by atoms with Crippen LogP contribution in [0.2, 0.25) is 5.02 Å². The Hall–Kier alpha value is -2.27. The van der Waals surface area contributed by atoms with Crippen LogP contribution in [0.3, 0.4) is 0 Å². The summed E-state index contributed by atoms with van der Waals surface area (Å²) < 4.78 is 26.1. The van der Waals surface area contributed by atoms with Crippen LogP contribution in [0.1, 0.15) is 12.8 Å². The third-order valence-corrected chi connectivity index (χ3v) is 8.93. The summed E-state index contributed by atoms with van der Waals surface area (Å²) in [5.41, 5.74) is 1.05. The van der Waals surface area contributed by atoms with Crippen molar-refractivity contribution in [1.29, 1.82) is 0 Å². The fourth-order valence-corrected chi connectivity index (χ4v) is 6.25. The fourth-order valence-electron chi connectivity index (χ4n) is 3.81. The van der Waals surface area contributed by atoms with E-state index < -0.39 is 26.5 Å². The first-order valence-corrected chi connectivity index (χ1v) is 13.6. The van der Waals surface area contributed by atoms with Gasteiger partial charge in [0.1, 0.15) is 5.50 Å². The molecule has 2 heterocycles. The second-order valence-electron chi connectivity index (χ2n) is 7.88. The van der Waals surface area contributed by atoms with Crippen molar-refractivity contribution >= 4 is 56.4 Å². The van der Waals surface area contributed by atoms with Gasteiger partial charge in [-0.25, -0.2) is 8.42 Å². The molecule has 176 valence electrons. The van der Waals surface area contributed by atoms with E-state index in [-0.39, 0.29) is 23.1 Å². The average Bonchev–Trinajstić information content (AvgIpc) is 3.34. The summed E-state index contributed by atoms with van der Waals surface area (Å²) in [5.74, 6) is -0.741. The molecule has 0 bridgehead atoms. The van der Waals surface area contributed by atoms with Crippen LogP contribution in [0.25, 0.3) is 0 Å². The summed E-state index contributed by atoms with van der Waals surface area (Å²) in [7, 11) is -3.84. The summed E-state index contributed by atoms with van der Waals surface area (Å²) in [6.07, 6.45) is 2.27. The molecule has 0 aromatic heterocycles. The van der Waals surface area contributed by atoms with Crippen LogP contribution >= 0.6 is 23.4 Å². The quantitative estimate of drug-likeness (QED) is 0.527. The van der Waals surface area contributed by atoms with Crippen molar-refractivity contribution in [2.24, 2.45) is 0 Å². The van der Waals surface area contributed by atoms with Crippen LogP contribution in [0.5, 0.6) is 0 Å². The van der Waals surface area contributed by atoms with E-state index in [2.05, 4.69) is 20.9 Å². The monoisotopic (exact) mass is 508 g/mol. The third-order valence-electron chi connectivity index (χ3n) is 5.57. The number of benzene rings is 2. The molecule has 2 atom stereocenters. The largest absolute Gasteiger partial charge is 0.372 e. The van der Waals surface area contributed by atoms with Gasteiger partial charge in [0.05, 0.1) is 10.6 Å². The molecule has 2 saturated heterocycles. The van der Waals surface area contributed by atoms with Gasteiger partial charge in [-0.15, -0.1) is 11.8 Å². The zero-order valence-corrected chi connectivity index (χ0v) is 20.2. The molecular formula is C22H25ClN4O4S2. The van der Waals surface area contributed by atoms with E-state index in [1.165, 1.54) is 11.8 Å². The number of rotatable bonds is 7.